The quantitative estimate of drug-likeness (QED) is 0.920. The Kier molecular flexibility index (Phi) is 3.16. The van der Waals surface area contributed by atoms with E-state index in [2.05, 4.69) is 5.10 Å². The molecule has 2 aromatic rings. The Hall–Kier alpha value is -1.76. The number of furan rings is 1. The minimum absolute atomic E-state index is 0.150. The molecule has 2 rings (SSSR count). The number of hydrogen-bond donors (Lipinski definition) is 1. The van der Waals surface area contributed by atoms with E-state index >= 15 is 0 Å². The summed E-state index contributed by atoms with van der Waals surface area (Å²) in [5.41, 5.74) is 5.42. The topological polar surface area (TPSA) is 57.0 Å². The molecule has 0 amide bonds. The summed E-state index contributed by atoms with van der Waals surface area (Å²) in [6.07, 6.45) is -3.16. The lowest BCUT2D eigenvalue weighted by molar-refractivity contribution is -0.141. The maximum absolute atomic E-state index is 12.3. The normalized spacial score (nSPS) is 12.1. The Bertz CT molecular complexity index is 542. The summed E-state index contributed by atoms with van der Waals surface area (Å²) in [4.78, 5) is 0. The molecule has 0 aliphatic carbocycles. The van der Waals surface area contributed by atoms with Crippen molar-refractivity contribution < 1.29 is 17.6 Å². The molecule has 0 saturated carbocycles. The van der Waals surface area contributed by atoms with Crippen molar-refractivity contribution in [3.8, 4) is 0 Å². The molecular weight excluding hydrogens is 247 g/mol. The van der Waals surface area contributed by atoms with Gasteiger partial charge in [0.1, 0.15) is 11.5 Å². The summed E-state index contributed by atoms with van der Waals surface area (Å²) >= 11 is 0. The Morgan fingerprint density at radius 1 is 1.44 bits per heavy atom. The first-order valence-electron chi connectivity index (χ1n) is 5.29. The third kappa shape index (κ3) is 2.56. The van der Waals surface area contributed by atoms with Gasteiger partial charge in [-0.05, 0) is 19.1 Å². The third-order valence-electron chi connectivity index (χ3n) is 2.54. The largest absolute Gasteiger partial charge is 0.464 e. The lowest BCUT2D eigenvalue weighted by atomic mass is 10.2. The predicted octanol–water partition coefficient (Wildman–Crippen LogP) is 2.31. The molecule has 4 nitrogen and oxygen atoms in total. The van der Waals surface area contributed by atoms with E-state index in [1.54, 1.807) is 13.0 Å². The fraction of sp³-hybridized carbons (Fsp3) is 0.364. The molecule has 0 saturated heterocycles. The molecule has 2 N–H and O–H groups in total. The molecule has 7 heteroatoms. The summed E-state index contributed by atoms with van der Waals surface area (Å²) in [7, 11) is 0. The van der Waals surface area contributed by atoms with Gasteiger partial charge in [-0.25, -0.2) is 0 Å². The average Bonchev–Trinajstić information content (AvgIpc) is 2.85. The van der Waals surface area contributed by atoms with Gasteiger partial charge in [-0.2, -0.15) is 18.3 Å². The first-order valence-corrected chi connectivity index (χ1v) is 5.29. The van der Waals surface area contributed by atoms with Crippen molar-refractivity contribution in [3.63, 3.8) is 0 Å². The molecule has 0 aliphatic rings. The van der Waals surface area contributed by atoms with E-state index in [-0.39, 0.29) is 6.54 Å². The van der Waals surface area contributed by atoms with Gasteiger partial charge in [0.15, 0.2) is 5.69 Å². The molecule has 0 unspecified atom stereocenters. The van der Waals surface area contributed by atoms with Crippen LogP contribution in [0.4, 0.5) is 13.2 Å². The molecule has 98 valence electrons. The standard InChI is InChI=1S/C11H12F3N3O/c1-7-8(5-15)4-9(18-7)6-17-3-2-10(16-17)11(12,13)14/h2-4H,5-6,15H2,1H3. The molecular formula is C11H12F3N3O. The minimum Gasteiger partial charge on any atom is -0.464 e. The van der Waals surface area contributed by atoms with Crippen molar-refractivity contribution in [2.24, 2.45) is 5.73 Å². The van der Waals surface area contributed by atoms with E-state index in [9.17, 15) is 13.2 Å². The Labute approximate surface area is 101 Å². The van der Waals surface area contributed by atoms with Crippen LogP contribution in [0.5, 0.6) is 0 Å². The van der Waals surface area contributed by atoms with Crippen LogP contribution in [0.1, 0.15) is 22.8 Å². The summed E-state index contributed by atoms with van der Waals surface area (Å²) in [6, 6.07) is 2.66. The second-order valence-corrected chi connectivity index (χ2v) is 3.89. The molecule has 0 spiro atoms. The van der Waals surface area contributed by atoms with Gasteiger partial charge in [-0.3, -0.25) is 4.68 Å². The van der Waals surface area contributed by atoms with Gasteiger partial charge in [0.25, 0.3) is 0 Å². The van der Waals surface area contributed by atoms with Crippen LogP contribution < -0.4 is 5.73 Å². The third-order valence-corrected chi connectivity index (χ3v) is 2.54. The lowest BCUT2D eigenvalue weighted by Gasteiger charge is -2.01. The highest BCUT2D eigenvalue weighted by Crippen LogP contribution is 2.27. The van der Waals surface area contributed by atoms with E-state index in [0.29, 0.717) is 18.1 Å². The maximum atomic E-state index is 12.3. The highest BCUT2D eigenvalue weighted by molar-refractivity contribution is 5.20. The number of alkyl halides is 3. The number of aryl methyl sites for hydroxylation is 1. The van der Waals surface area contributed by atoms with E-state index in [0.717, 1.165) is 11.6 Å². The molecule has 0 radical (unpaired) electrons. The van der Waals surface area contributed by atoms with Crippen molar-refractivity contribution in [3.05, 3.63) is 41.1 Å². The highest BCUT2D eigenvalue weighted by Gasteiger charge is 2.33. The van der Waals surface area contributed by atoms with Crippen molar-refractivity contribution in [2.75, 3.05) is 0 Å². The monoisotopic (exact) mass is 259 g/mol. The molecule has 0 fully saturated rings. The maximum Gasteiger partial charge on any atom is 0.435 e. The Morgan fingerprint density at radius 2 is 2.17 bits per heavy atom. The summed E-state index contributed by atoms with van der Waals surface area (Å²) < 4.78 is 43.6. The average molecular weight is 259 g/mol. The van der Waals surface area contributed by atoms with Crippen LogP contribution in [0.3, 0.4) is 0 Å². The molecule has 0 atom stereocenters. The number of aromatic nitrogens is 2. The highest BCUT2D eigenvalue weighted by atomic mass is 19.4. The second-order valence-electron chi connectivity index (χ2n) is 3.89. The van der Waals surface area contributed by atoms with E-state index in [1.807, 2.05) is 0 Å². The Balaban J connectivity index is 2.16. The van der Waals surface area contributed by atoms with E-state index < -0.39 is 11.9 Å². The summed E-state index contributed by atoms with van der Waals surface area (Å²) in [6.45, 7) is 2.25. The first kappa shape index (κ1) is 12.7. The minimum atomic E-state index is -4.42. The lowest BCUT2D eigenvalue weighted by Crippen LogP contribution is -2.08. The predicted molar refractivity (Wildman–Crippen MR) is 57.7 cm³/mol. The fourth-order valence-corrected chi connectivity index (χ4v) is 1.63. The zero-order valence-electron chi connectivity index (χ0n) is 9.66. The van der Waals surface area contributed by atoms with Gasteiger partial charge in [0.2, 0.25) is 0 Å². The number of rotatable bonds is 3. The smallest absolute Gasteiger partial charge is 0.435 e. The van der Waals surface area contributed by atoms with Crippen LogP contribution in [0.25, 0.3) is 0 Å². The summed E-state index contributed by atoms with van der Waals surface area (Å²) in [5, 5.41) is 3.44. The zero-order chi connectivity index (χ0) is 13.3. The van der Waals surface area contributed by atoms with Crippen molar-refractivity contribution in [2.45, 2.75) is 26.2 Å². The molecule has 2 aromatic heterocycles. The fourth-order valence-electron chi connectivity index (χ4n) is 1.63. The van der Waals surface area contributed by atoms with Crippen LogP contribution in [-0.2, 0) is 19.3 Å². The van der Waals surface area contributed by atoms with Gasteiger partial charge < -0.3 is 10.2 Å². The molecule has 0 bridgehead atoms. The van der Waals surface area contributed by atoms with Crippen LogP contribution in [0.15, 0.2) is 22.7 Å². The number of halogens is 3. The molecule has 0 aliphatic heterocycles. The van der Waals surface area contributed by atoms with Gasteiger partial charge in [-0.1, -0.05) is 0 Å². The van der Waals surface area contributed by atoms with Gasteiger partial charge in [-0.15, -0.1) is 0 Å². The second kappa shape index (κ2) is 4.49. The van der Waals surface area contributed by atoms with E-state index in [1.165, 1.54) is 10.9 Å². The molecule has 2 heterocycles. The van der Waals surface area contributed by atoms with Crippen LogP contribution >= 0.6 is 0 Å². The van der Waals surface area contributed by atoms with Crippen LogP contribution in [0.2, 0.25) is 0 Å². The van der Waals surface area contributed by atoms with E-state index in [4.69, 9.17) is 10.2 Å². The molecule has 18 heavy (non-hydrogen) atoms. The van der Waals surface area contributed by atoms with Gasteiger partial charge >= 0.3 is 6.18 Å². The van der Waals surface area contributed by atoms with Gasteiger partial charge in [0.05, 0.1) is 6.54 Å². The summed E-state index contributed by atoms with van der Waals surface area (Å²) in [5.74, 6) is 1.21. The number of nitrogens with zero attached hydrogens (tertiary/aromatic N) is 2. The van der Waals surface area contributed by atoms with Crippen molar-refractivity contribution in [1.29, 1.82) is 0 Å². The van der Waals surface area contributed by atoms with Crippen molar-refractivity contribution >= 4 is 0 Å². The number of hydrogen-bond acceptors (Lipinski definition) is 3. The SMILES string of the molecule is Cc1oc(Cn2ccc(C(F)(F)F)n2)cc1CN. The number of nitrogens with two attached hydrogens (primary N) is 1. The van der Waals surface area contributed by atoms with Gasteiger partial charge in [0, 0.05) is 18.3 Å². The van der Waals surface area contributed by atoms with Crippen LogP contribution in [0, 0.1) is 6.92 Å². The Morgan fingerprint density at radius 3 is 2.67 bits per heavy atom. The molecule has 0 aromatic carbocycles. The van der Waals surface area contributed by atoms with Crippen LogP contribution in [-0.4, -0.2) is 9.78 Å². The first-order chi connectivity index (χ1) is 8.40. The van der Waals surface area contributed by atoms with Crippen molar-refractivity contribution in [1.82, 2.24) is 9.78 Å². The zero-order valence-corrected chi connectivity index (χ0v) is 9.66.